The topological polar surface area (TPSA) is 87.5 Å². The van der Waals surface area contributed by atoms with E-state index < -0.39 is 18.4 Å². The Balaban J connectivity index is 1.43. The third-order valence-corrected chi connectivity index (χ3v) is 6.26. The van der Waals surface area contributed by atoms with E-state index in [2.05, 4.69) is 25.7 Å². The van der Waals surface area contributed by atoms with Crippen LogP contribution in [0.25, 0.3) is 0 Å². The van der Waals surface area contributed by atoms with E-state index in [0.29, 0.717) is 16.5 Å². The van der Waals surface area contributed by atoms with Gasteiger partial charge in [0.15, 0.2) is 11.2 Å². The van der Waals surface area contributed by atoms with Crippen LogP contribution in [-0.4, -0.2) is 42.5 Å². The number of alkyl halides is 3. The summed E-state index contributed by atoms with van der Waals surface area (Å²) in [5.74, 6) is -0.891. The summed E-state index contributed by atoms with van der Waals surface area (Å²) in [6, 6.07) is 17.7. The van der Waals surface area contributed by atoms with E-state index >= 15 is 0 Å². The van der Waals surface area contributed by atoms with Crippen LogP contribution in [-0.2, 0) is 9.53 Å². The number of hydrazone groups is 2. The van der Waals surface area contributed by atoms with Crippen molar-refractivity contribution in [2.45, 2.75) is 32.7 Å². The number of nitrogens with one attached hydrogen (secondary N) is 2. The largest absolute Gasteiger partial charge is 0.573 e. The number of halogens is 3. The Hall–Kier alpha value is -4.45. The molecule has 0 aromatic heterocycles. The van der Waals surface area contributed by atoms with Crippen LogP contribution in [0.1, 0.15) is 28.7 Å². The van der Waals surface area contributed by atoms with Crippen molar-refractivity contribution >= 4 is 46.6 Å². The first-order chi connectivity index (χ1) is 19.0. The zero-order valence-corrected chi connectivity index (χ0v) is 22.6. The molecule has 0 aliphatic carbocycles. The normalized spacial score (nSPS) is 15.1. The number of anilines is 2. The number of thiocarbonyl (C=S) groups is 1. The molecule has 0 amide bonds. The van der Waals surface area contributed by atoms with Crippen molar-refractivity contribution in [1.29, 1.82) is 0 Å². The second-order valence-electron chi connectivity index (χ2n) is 8.89. The van der Waals surface area contributed by atoms with E-state index in [0.717, 1.165) is 40.1 Å². The van der Waals surface area contributed by atoms with Gasteiger partial charge in [-0.2, -0.15) is 10.2 Å². The standard InChI is InChI=1S/C28H26F3N5O3S/c1-17-5-4-6-18(2)25(17)33-27(40)34-32-16-19-7-9-20(10-8-19)23-15-24(26(37)38-3)36(35-23)21-11-13-22(14-12-21)39-28(29,30)31/h4-14,16,24H,15H2,1-3H3,(H2,33,34,40)/b32-16+. The van der Waals surface area contributed by atoms with Gasteiger partial charge in [-0.1, -0.05) is 42.5 Å². The summed E-state index contributed by atoms with van der Waals surface area (Å²) in [6.07, 6.45) is -2.93. The van der Waals surface area contributed by atoms with Gasteiger partial charge in [-0.05, 0) is 72.6 Å². The third kappa shape index (κ3) is 7.14. The van der Waals surface area contributed by atoms with E-state index in [1.54, 1.807) is 6.21 Å². The summed E-state index contributed by atoms with van der Waals surface area (Å²) in [4.78, 5) is 12.5. The zero-order valence-electron chi connectivity index (χ0n) is 21.8. The van der Waals surface area contributed by atoms with Crippen LogP contribution in [0.15, 0.2) is 76.9 Å². The van der Waals surface area contributed by atoms with Gasteiger partial charge in [0.2, 0.25) is 0 Å². The molecule has 1 aliphatic rings. The molecule has 40 heavy (non-hydrogen) atoms. The number of nitrogens with zero attached hydrogens (tertiary/aromatic N) is 3. The van der Waals surface area contributed by atoms with Gasteiger partial charge in [-0.25, -0.2) is 4.79 Å². The number of carbonyl (C=O) groups excluding carboxylic acids is 1. The summed E-state index contributed by atoms with van der Waals surface area (Å²) in [7, 11) is 1.27. The fraction of sp³-hybridized carbons (Fsp3) is 0.214. The Bertz CT molecular complexity index is 1420. The highest BCUT2D eigenvalue weighted by Crippen LogP contribution is 2.30. The number of benzene rings is 3. The molecule has 0 saturated carbocycles. The minimum atomic E-state index is -4.80. The van der Waals surface area contributed by atoms with Crippen LogP contribution in [0.5, 0.6) is 5.75 Å². The monoisotopic (exact) mass is 569 g/mol. The zero-order chi connectivity index (χ0) is 28.9. The molecule has 3 aromatic carbocycles. The van der Waals surface area contributed by atoms with E-state index in [1.165, 1.54) is 24.3 Å². The van der Waals surface area contributed by atoms with E-state index in [1.807, 2.05) is 56.3 Å². The van der Waals surface area contributed by atoms with Crippen LogP contribution in [0.2, 0.25) is 0 Å². The maximum absolute atomic E-state index is 12.5. The molecule has 1 atom stereocenters. The van der Waals surface area contributed by atoms with Gasteiger partial charge in [0.1, 0.15) is 5.75 Å². The molecule has 208 valence electrons. The Morgan fingerprint density at radius 1 is 1.07 bits per heavy atom. The van der Waals surface area contributed by atoms with Gasteiger partial charge in [-0.15, -0.1) is 13.2 Å². The Kier molecular flexibility index (Phi) is 8.68. The Morgan fingerprint density at radius 3 is 2.33 bits per heavy atom. The number of methoxy groups -OCH3 is 1. The molecule has 0 spiro atoms. The summed E-state index contributed by atoms with van der Waals surface area (Å²) >= 11 is 5.34. The van der Waals surface area contributed by atoms with Crippen LogP contribution in [0.4, 0.5) is 24.5 Å². The second kappa shape index (κ2) is 12.2. The van der Waals surface area contributed by atoms with Crippen molar-refractivity contribution in [2.75, 3.05) is 17.4 Å². The lowest BCUT2D eigenvalue weighted by Crippen LogP contribution is -2.35. The van der Waals surface area contributed by atoms with Crippen molar-refractivity contribution in [2.24, 2.45) is 10.2 Å². The molecule has 1 unspecified atom stereocenters. The number of esters is 1. The molecule has 8 nitrogen and oxygen atoms in total. The van der Waals surface area contributed by atoms with Crippen LogP contribution in [0.3, 0.4) is 0 Å². The highest BCUT2D eigenvalue weighted by atomic mass is 32.1. The predicted octanol–water partition coefficient (Wildman–Crippen LogP) is 5.68. The molecule has 1 aliphatic heterocycles. The highest BCUT2D eigenvalue weighted by Gasteiger charge is 2.35. The van der Waals surface area contributed by atoms with Gasteiger partial charge in [0.25, 0.3) is 0 Å². The number of rotatable bonds is 7. The second-order valence-corrected chi connectivity index (χ2v) is 9.30. The summed E-state index contributed by atoms with van der Waals surface area (Å²) < 4.78 is 46.3. The average Bonchev–Trinajstić information content (AvgIpc) is 3.36. The number of hydrogen-bond donors (Lipinski definition) is 2. The molecule has 0 fully saturated rings. The molecule has 12 heteroatoms. The first kappa shape index (κ1) is 28.6. The number of carbonyl (C=O) groups is 1. The van der Waals surface area contributed by atoms with E-state index in [4.69, 9.17) is 17.0 Å². The van der Waals surface area contributed by atoms with Crippen molar-refractivity contribution in [3.8, 4) is 5.75 Å². The number of ether oxygens (including phenoxy) is 2. The molecule has 0 bridgehead atoms. The predicted molar refractivity (Wildman–Crippen MR) is 152 cm³/mol. The smallest absolute Gasteiger partial charge is 0.467 e. The number of hydrogen-bond acceptors (Lipinski definition) is 7. The van der Waals surface area contributed by atoms with Crippen LogP contribution < -0.4 is 20.5 Å². The molecule has 2 N–H and O–H groups in total. The molecular weight excluding hydrogens is 543 g/mol. The maximum atomic E-state index is 12.5. The minimum Gasteiger partial charge on any atom is -0.467 e. The van der Waals surface area contributed by atoms with E-state index in [9.17, 15) is 18.0 Å². The van der Waals surface area contributed by atoms with Gasteiger partial charge in [-0.3, -0.25) is 10.4 Å². The molecule has 3 aromatic rings. The molecule has 0 radical (unpaired) electrons. The first-order valence-electron chi connectivity index (χ1n) is 12.1. The lowest BCUT2D eigenvalue weighted by molar-refractivity contribution is -0.274. The Morgan fingerprint density at radius 2 is 1.73 bits per heavy atom. The minimum absolute atomic E-state index is 0.251. The molecule has 1 heterocycles. The SMILES string of the molecule is COC(=O)C1CC(c2ccc(/C=N/NC(=S)Nc3c(C)cccc3C)cc2)=NN1c1ccc(OC(F)(F)F)cc1. The molecule has 0 saturated heterocycles. The van der Waals surface area contributed by atoms with Gasteiger partial charge in [0.05, 0.1) is 24.7 Å². The maximum Gasteiger partial charge on any atom is 0.573 e. The summed E-state index contributed by atoms with van der Waals surface area (Å²) in [6.45, 7) is 3.99. The number of aryl methyl sites for hydroxylation is 2. The van der Waals surface area contributed by atoms with Crippen LogP contribution >= 0.6 is 12.2 Å². The van der Waals surface area contributed by atoms with Crippen molar-refractivity contribution in [1.82, 2.24) is 5.43 Å². The fourth-order valence-electron chi connectivity index (χ4n) is 4.12. The highest BCUT2D eigenvalue weighted by molar-refractivity contribution is 7.80. The molecular formula is C28H26F3N5O3S. The van der Waals surface area contributed by atoms with Crippen molar-refractivity contribution in [3.05, 3.63) is 89.0 Å². The third-order valence-electron chi connectivity index (χ3n) is 6.06. The van der Waals surface area contributed by atoms with Crippen molar-refractivity contribution in [3.63, 3.8) is 0 Å². The van der Waals surface area contributed by atoms with Gasteiger partial charge in [0, 0.05) is 12.1 Å². The lowest BCUT2D eigenvalue weighted by atomic mass is 10.0. The lowest BCUT2D eigenvalue weighted by Gasteiger charge is -2.21. The molecule has 4 rings (SSSR count). The van der Waals surface area contributed by atoms with Gasteiger partial charge >= 0.3 is 12.3 Å². The number of para-hydroxylation sites is 1. The first-order valence-corrected chi connectivity index (χ1v) is 12.5. The summed E-state index contributed by atoms with van der Waals surface area (Å²) in [5, 5.41) is 13.7. The van der Waals surface area contributed by atoms with Crippen LogP contribution in [0, 0.1) is 13.8 Å². The average molecular weight is 570 g/mol. The summed E-state index contributed by atoms with van der Waals surface area (Å²) in [5.41, 5.74) is 8.48. The van der Waals surface area contributed by atoms with Crippen molar-refractivity contribution < 1.29 is 27.4 Å². The quantitative estimate of drug-likeness (QED) is 0.164. The fourth-order valence-corrected chi connectivity index (χ4v) is 4.28. The van der Waals surface area contributed by atoms with E-state index in [-0.39, 0.29) is 12.2 Å². The van der Waals surface area contributed by atoms with Gasteiger partial charge < -0.3 is 14.8 Å². The Labute approximate surface area is 234 Å².